The van der Waals surface area contributed by atoms with Crippen molar-refractivity contribution >= 4 is 6.08 Å². The van der Waals surface area contributed by atoms with Crippen molar-refractivity contribution in [1.29, 1.82) is 0 Å². The molecule has 2 aliphatic rings. The Labute approximate surface area is 162 Å². The Hall–Kier alpha value is -2.26. The number of piperidine rings is 1. The lowest BCUT2D eigenvalue weighted by atomic mass is 9.94. The maximum atomic E-state index is 5.47. The van der Waals surface area contributed by atoms with E-state index in [1.165, 1.54) is 48.1 Å². The van der Waals surface area contributed by atoms with Crippen molar-refractivity contribution in [1.82, 2.24) is 4.90 Å². The van der Waals surface area contributed by atoms with Gasteiger partial charge in [0.1, 0.15) is 0 Å². The SMILES string of the molecule is COc1cc2c(cc1OC)CC(CC1CCCCN1Cc1ccccc1)=C2. The van der Waals surface area contributed by atoms with Crippen LogP contribution < -0.4 is 9.47 Å². The first-order valence-electron chi connectivity index (χ1n) is 9.99. The summed E-state index contributed by atoms with van der Waals surface area (Å²) in [6, 6.07) is 15.8. The van der Waals surface area contributed by atoms with Crippen LogP contribution in [0.15, 0.2) is 48.0 Å². The molecule has 3 nitrogen and oxygen atoms in total. The Balaban J connectivity index is 1.47. The molecule has 1 atom stereocenters. The van der Waals surface area contributed by atoms with Crippen LogP contribution in [0.3, 0.4) is 0 Å². The largest absolute Gasteiger partial charge is 0.493 e. The maximum Gasteiger partial charge on any atom is 0.161 e. The second-order valence-corrected chi connectivity index (χ2v) is 7.70. The summed E-state index contributed by atoms with van der Waals surface area (Å²) in [4.78, 5) is 2.68. The van der Waals surface area contributed by atoms with E-state index in [4.69, 9.17) is 9.47 Å². The Bertz CT molecular complexity index is 813. The monoisotopic (exact) mass is 363 g/mol. The van der Waals surface area contributed by atoms with E-state index in [-0.39, 0.29) is 0 Å². The standard InChI is InChI=1S/C24H29NO2/c1-26-23-15-20-12-19(13-21(20)16-24(23)27-2)14-22-10-6-7-11-25(22)17-18-8-4-3-5-9-18/h3-5,8-9,12,15-16,22H,6-7,10-11,13-14,17H2,1-2H3. The fourth-order valence-electron chi connectivity index (χ4n) is 4.49. The quantitative estimate of drug-likeness (QED) is 0.714. The van der Waals surface area contributed by atoms with E-state index >= 15 is 0 Å². The lowest BCUT2D eigenvalue weighted by molar-refractivity contribution is 0.139. The van der Waals surface area contributed by atoms with Crippen molar-refractivity contribution in [3.63, 3.8) is 0 Å². The lowest BCUT2D eigenvalue weighted by Crippen LogP contribution is -2.39. The summed E-state index contributed by atoms with van der Waals surface area (Å²) in [7, 11) is 3.41. The minimum absolute atomic E-state index is 0.642. The molecular formula is C24H29NO2. The number of rotatable bonds is 6. The zero-order valence-corrected chi connectivity index (χ0v) is 16.4. The van der Waals surface area contributed by atoms with E-state index in [1.54, 1.807) is 14.2 Å². The lowest BCUT2D eigenvalue weighted by Gasteiger charge is -2.36. The summed E-state index contributed by atoms with van der Waals surface area (Å²) >= 11 is 0. The number of methoxy groups -OCH3 is 2. The van der Waals surface area contributed by atoms with Crippen molar-refractivity contribution in [2.24, 2.45) is 0 Å². The van der Waals surface area contributed by atoms with Gasteiger partial charge in [0.25, 0.3) is 0 Å². The second-order valence-electron chi connectivity index (χ2n) is 7.70. The number of benzene rings is 2. The van der Waals surface area contributed by atoms with E-state index in [0.29, 0.717) is 6.04 Å². The third kappa shape index (κ3) is 4.03. The molecule has 1 aliphatic carbocycles. The maximum absolute atomic E-state index is 5.47. The highest BCUT2D eigenvalue weighted by Gasteiger charge is 2.25. The van der Waals surface area contributed by atoms with E-state index in [1.807, 2.05) is 0 Å². The van der Waals surface area contributed by atoms with Crippen molar-refractivity contribution in [2.75, 3.05) is 20.8 Å². The molecule has 0 spiro atoms. The summed E-state index contributed by atoms with van der Waals surface area (Å²) in [5.41, 5.74) is 5.59. The van der Waals surface area contributed by atoms with Gasteiger partial charge in [-0.05, 0) is 61.1 Å². The number of ether oxygens (including phenoxy) is 2. The third-order valence-electron chi connectivity index (χ3n) is 5.90. The molecule has 27 heavy (non-hydrogen) atoms. The average molecular weight is 364 g/mol. The number of hydrogen-bond acceptors (Lipinski definition) is 3. The molecule has 0 radical (unpaired) electrons. The molecule has 2 aromatic carbocycles. The summed E-state index contributed by atoms with van der Waals surface area (Å²) in [5, 5.41) is 0. The van der Waals surface area contributed by atoms with Crippen molar-refractivity contribution in [3.8, 4) is 11.5 Å². The van der Waals surface area contributed by atoms with Gasteiger partial charge in [-0.3, -0.25) is 4.90 Å². The second kappa shape index (κ2) is 8.18. The Morgan fingerprint density at radius 2 is 1.78 bits per heavy atom. The van der Waals surface area contributed by atoms with Gasteiger partial charge in [-0.2, -0.15) is 0 Å². The zero-order valence-electron chi connectivity index (χ0n) is 16.4. The molecule has 1 saturated heterocycles. The Morgan fingerprint density at radius 3 is 2.56 bits per heavy atom. The molecule has 0 N–H and O–H groups in total. The van der Waals surface area contributed by atoms with E-state index in [2.05, 4.69) is 53.4 Å². The molecule has 2 aromatic rings. The van der Waals surface area contributed by atoms with Gasteiger partial charge in [0.15, 0.2) is 11.5 Å². The van der Waals surface area contributed by atoms with Crippen molar-refractivity contribution in [3.05, 3.63) is 64.7 Å². The topological polar surface area (TPSA) is 21.7 Å². The smallest absolute Gasteiger partial charge is 0.161 e. The van der Waals surface area contributed by atoms with Crippen LogP contribution in [-0.4, -0.2) is 31.7 Å². The number of nitrogens with zero attached hydrogens (tertiary/aromatic N) is 1. The highest BCUT2D eigenvalue weighted by atomic mass is 16.5. The summed E-state index contributed by atoms with van der Waals surface area (Å²) in [6.07, 6.45) is 8.52. The molecule has 0 bridgehead atoms. The number of likely N-dealkylation sites (tertiary alicyclic amines) is 1. The van der Waals surface area contributed by atoms with Gasteiger partial charge in [0, 0.05) is 12.6 Å². The van der Waals surface area contributed by atoms with Gasteiger partial charge in [-0.1, -0.05) is 48.4 Å². The van der Waals surface area contributed by atoms with Gasteiger partial charge in [0.05, 0.1) is 14.2 Å². The van der Waals surface area contributed by atoms with Crippen LogP contribution in [0.4, 0.5) is 0 Å². The molecular weight excluding hydrogens is 334 g/mol. The van der Waals surface area contributed by atoms with E-state index in [0.717, 1.165) is 30.9 Å². The highest BCUT2D eigenvalue weighted by Crippen LogP contribution is 2.38. The van der Waals surface area contributed by atoms with E-state index in [9.17, 15) is 0 Å². The van der Waals surface area contributed by atoms with Gasteiger partial charge in [-0.15, -0.1) is 0 Å². The fraction of sp³-hybridized carbons (Fsp3) is 0.417. The molecule has 1 unspecified atom stereocenters. The van der Waals surface area contributed by atoms with Crippen LogP contribution in [0, 0.1) is 0 Å². The first kappa shape index (κ1) is 18.1. The minimum atomic E-state index is 0.642. The Morgan fingerprint density at radius 1 is 1.00 bits per heavy atom. The number of hydrogen-bond donors (Lipinski definition) is 0. The minimum Gasteiger partial charge on any atom is -0.493 e. The molecule has 0 aromatic heterocycles. The van der Waals surface area contributed by atoms with Crippen LogP contribution >= 0.6 is 0 Å². The first-order chi connectivity index (χ1) is 13.3. The molecule has 1 fully saturated rings. The fourth-order valence-corrected chi connectivity index (χ4v) is 4.49. The van der Waals surface area contributed by atoms with Crippen molar-refractivity contribution < 1.29 is 9.47 Å². The molecule has 0 saturated carbocycles. The summed E-state index contributed by atoms with van der Waals surface area (Å²) in [5.74, 6) is 1.64. The normalized spacial score (nSPS) is 19.5. The molecule has 142 valence electrons. The van der Waals surface area contributed by atoms with Crippen LogP contribution in [0.5, 0.6) is 11.5 Å². The molecule has 1 aliphatic heterocycles. The first-order valence-corrected chi connectivity index (χ1v) is 9.99. The highest BCUT2D eigenvalue weighted by molar-refractivity contribution is 5.67. The van der Waals surface area contributed by atoms with Gasteiger partial charge < -0.3 is 9.47 Å². The average Bonchev–Trinajstić information content (AvgIpc) is 3.10. The molecule has 4 rings (SSSR count). The molecule has 0 amide bonds. The predicted octanol–water partition coefficient (Wildman–Crippen LogP) is 5.09. The Kier molecular flexibility index (Phi) is 5.49. The zero-order chi connectivity index (χ0) is 18.6. The van der Waals surface area contributed by atoms with Crippen LogP contribution in [0.2, 0.25) is 0 Å². The van der Waals surface area contributed by atoms with Gasteiger partial charge in [0.2, 0.25) is 0 Å². The van der Waals surface area contributed by atoms with E-state index < -0.39 is 0 Å². The van der Waals surface area contributed by atoms with Crippen LogP contribution in [0.25, 0.3) is 6.08 Å². The number of fused-ring (bicyclic) bond motifs is 1. The summed E-state index contributed by atoms with van der Waals surface area (Å²) in [6.45, 7) is 2.27. The summed E-state index contributed by atoms with van der Waals surface area (Å²) < 4.78 is 10.9. The third-order valence-corrected chi connectivity index (χ3v) is 5.90. The van der Waals surface area contributed by atoms with Gasteiger partial charge in [-0.25, -0.2) is 0 Å². The molecule has 3 heteroatoms. The van der Waals surface area contributed by atoms with Crippen LogP contribution in [0.1, 0.15) is 42.4 Å². The molecule has 1 heterocycles. The predicted molar refractivity (Wildman–Crippen MR) is 110 cm³/mol. The van der Waals surface area contributed by atoms with Crippen LogP contribution in [-0.2, 0) is 13.0 Å². The van der Waals surface area contributed by atoms with Crippen molar-refractivity contribution in [2.45, 2.75) is 44.7 Å². The van der Waals surface area contributed by atoms with Gasteiger partial charge >= 0.3 is 0 Å².